The highest BCUT2D eigenvalue weighted by Gasteiger charge is 2.32. The average molecular weight is 349 g/mol. The molecule has 0 spiro atoms. The molecule has 0 radical (unpaired) electrons. The number of fused-ring (bicyclic) bond motifs is 3. The quantitative estimate of drug-likeness (QED) is 0.821. The van der Waals surface area contributed by atoms with Gasteiger partial charge in [-0.25, -0.2) is 0 Å². The van der Waals surface area contributed by atoms with Gasteiger partial charge >= 0.3 is 0 Å². The second-order valence-electron chi connectivity index (χ2n) is 5.16. The molecule has 2 N–H and O–H groups in total. The van der Waals surface area contributed by atoms with Gasteiger partial charge in [-0.05, 0) is 42.5 Å². The maximum atomic E-state index is 12.4. The van der Waals surface area contributed by atoms with Gasteiger partial charge in [0, 0.05) is 9.35 Å². The highest BCUT2D eigenvalue weighted by Crippen LogP contribution is 2.42. The van der Waals surface area contributed by atoms with Crippen LogP contribution < -0.4 is 10.6 Å². The van der Waals surface area contributed by atoms with Gasteiger partial charge in [-0.3, -0.25) is 4.79 Å². The monoisotopic (exact) mass is 348 g/mol. The smallest absolute Gasteiger partial charge is 0.256 e. The first-order chi connectivity index (χ1) is 9.72. The van der Waals surface area contributed by atoms with Gasteiger partial charge in [0.1, 0.15) is 11.2 Å². The lowest BCUT2D eigenvalue weighted by atomic mass is 10.1. The van der Waals surface area contributed by atoms with Crippen LogP contribution in [0.3, 0.4) is 0 Å². The number of rotatable bonds is 1. The van der Waals surface area contributed by atoms with E-state index in [2.05, 4.69) is 26.6 Å². The average Bonchev–Trinajstić information content (AvgIpc) is 2.99. The van der Waals surface area contributed by atoms with Crippen LogP contribution in [-0.4, -0.2) is 5.91 Å². The molecular weight excluding hydrogens is 336 g/mol. The Kier molecular flexibility index (Phi) is 2.86. The van der Waals surface area contributed by atoms with Crippen LogP contribution in [0.15, 0.2) is 28.7 Å². The Bertz CT molecular complexity index is 693. The summed E-state index contributed by atoms with van der Waals surface area (Å²) in [6.07, 6.45) is 3.20. The third-order valence-corrected chi connectivity index (χ3v) is 5.65. The molecule has 4 rings (SSSR count). The standard InChI is InChI=1S/C15H13BrN2OS/c16-9-6-4-8(5-7-9)13-17-14(19)12-10-2-1-3-11(10)20-15(12)18-13/h4-7,13,18H,1-3H2,(H,17,19)/t13-/m1/s1. The fourth-order valence-corrected chi connectivity index (χ4v) is 4.52. The highest BCUT2D eigenvalue weighted by atomic mass is 79.9. The van der Waals surface area contributed by atoms with E-state index in [-0.39, 0.29) is 12.1 Å². The molecule has 0 unspecified atom stereocenters. The molecule has 0 bridgehead atoms. The van der Waals surface area contributed by atoms with Crippen molar-refractivity contribution in [2.45, 2.75) is 25.4 Å². The number of thiophene rings is 1. The van der Waals surface area contributed by atoms with Crippen molar-refractivity contribution in [2.75, 3.05) is 5.32 Å². The predicted octanol–water partition coefficient (Wildman–Crippen LogP) is 3.85. The third-order valence-electron chi connectivity index (χ3n) is 3.90. The zero-order valence-electron chi connectivity index (χ0n) is 10.7. The first kappa shape index (κ1) is 12.4. The summed E-state index contributed by atoms with van der Waals surface area (Å²) in [5.74, 6) is 0.0612. The fraction of sp³-hybridized carbons (Fsp3) is 0.267. The van der Waals surface area contributed by atoms with Gasteiger partial charge in [-0.1, -0.05) is 28.1 Å². The van der Waals surface area contributed by atoms with Crippen LogP contribution in [0.1, 0.15) is 38.9 Å². The van der Waals surface area contributed by atoms with Crippen LogP contribution in [-0.2, 0) is 12.8 Å². The number of amides is 1. The molecule has 2 aromatic rings. The van der Waals surface area contributed by atoms with Crippen LogP contribution >= 0.6 is 27.3 Å². The van der Waals surface area contributed by atoms with E-state index in [1.54, 1.807) is 11.3 Å². The number of anilines is 1. The Morgan fingerprint density at radius 3 is 2.75 bits per heavy atom. The van der Waals surface area contributed by atoms with Crippen molar-refractivity contribution >= 4 is 38.2 Å². The Labute approximate surface area is 129 Å². The lowest BCUT2D eigenvalue weighted by Gasteiger charge is -2.26. The number of nitrogens with one attached hydrogen (secondary N) is 2. The van der Waals surface area contributed by atoms with E-state index in [1.807, 2.05) is 24.3 Å². The summed E-state index contributed by atoms with van der Waals surface area (Å²) in [5.41, 5.74) is 3.22. The minimum Gasteiger partial charge on any atom is -0.353 e. The van der Waals surface area contributed by atoms with Crippen molar-refractivity contribution < 1.29 is 4.79 Å². The minimum atomic E-state index is -0.137. The Balaban J connectivity index is 1.71. The maximum Gasteiger partial charge on any atom is 0.256 e. The van der Waals surface area contributed by atoms with Gasteiger partial charge in [0.25, 0.3) is 5.91 Å². The fourth-order valence-electron chi connectivity index (χ4n) is 2.94. The lowest BCUT2D eigenvalue weighted by molar-refractivity contribution is 0.0935. The zero-order chi connectivity index (χ0) is 13.7. The van der Waals surface area contributed by atoms with Gasteiger partial charge in [-0.2, -0.15) is 0 Å². The van der Waals surface area contributed by atoms with Crippen molar-refractivity contribution in [3.05, 3.63) is 50.3 Å². The molecule has 5 heteroatoms. The van der Waals surface area contributed by atoms with Gasteiger partial charge in [0.15, 0.2) is 0 Å². The molecule has 0 fully saturated rings. The maximum absolute atomic E-state index is 12.4. The number of benzene rings is 1. The second-order valence-corrected chi connectivity index (χ2v) is 7.18. The summed E-state index contributed by atoms with van der Waals surface area (Å²) < 4.78 is 1.04. The number of carbonyl (C=O) groups excluding carboxylic acids is 1. The first-order valence-corrected chi connectivity index (χ1v) is 8.31. The number of halogens is 1. The molecule has 102 valence electrons. The van der Waals surface area contributed by atoms with Gasteiger partial charge in [-0.15, -0.1) is 11.3 Å². The Morgan fingerprint density at radius 1 is 1.15 bits per heavy atom. The molecule has 1 atom stereocenters. The van der Waals surface area contributed by atoms with E-state index in [0.29, 0.717) is 0 Å². The molecule has 0 saturated heterocycles. The van der Waals surface area contributed by atoms with Crippen LogP contribution in [0.5, 0.6) is 0 Å². The molecule has 1 aromatic heterocycles. The van der Waals surface area contributed by atoms with E-state index < -0.39 is 0 Å². The summed E-state index contributed by atoms with van der Waals surface area (Å²) in [6.45, 7) is 0. The lowest BCUT2D eigenvalue weighted by Crippen LogP contribution is -2.38. The molecule has 2 aliphatic rings. The summed E-state index contributed by atoms with van der Waals surface area (Å²) in [4.78, 5) is 13.8. The number of aryl methyl sites for hydroxylation is 1. The molecule has 1 amide bonds. The van der Waals surface area contributed by atoms with Crippen LogP contribution in [0, 0.1) is 0 Å². The summed E-state index contributed by atoms with van der Waals surface area (Å²) in [5, 5.41) is 7.56. The van der Waals surface area contributed by atoms with E-state index in [1.165, 1.54) is 16.9 Å². The van der Waals surface area contributed by atoms with E-state index in [9.17, 15) is 4.79 Å². The second kappa shape index (κ2) is 4.60. The Morgan fingerprint density at radius 2 is 1.95 bits per heavy atom. The number of hydrogen-bond acceptors (Lipinski definition) is 3. The molecule has 3 nitrogen and oxygen atoms in total. The van der Waals surface area contributed by atoms with Crippen molar-refractivity contribution in [1.82, 2.24) is 5.32 Å². The van der Waals surface area contributed by atoms with E-state index in [0.717, 1.165) is 33.4 Å². The van der Waals surface area contributed by atoms with Gasteiger partial charge in [0.05, 0.1) is 5.56 Å². The van der Waals surface area contributed by atoms with Crippen molar-refractivity contribution in [3.63, 3.8) is 0 Å². The molecule has 2 heterocycles. The summed E-state index contributed by atoms with van der Waals surface area (Å²) in [7, 11) is 0. The van der Waals surface area contributed by atoms with Crippen LogP contribution in [0.2, 0.25) is 0 Å². The topological polar surface area (TPSA) is 41.1 Å². The minimum absolute atomic E-state index is 0.0612. The molecule has 20 heavy (non-hydrogen) atoms. The molecule has 0 saturated carbocycles. The summed E-state index contributed by atoms with van der Waals surface area (Å²) in [6, 6.07) is 8.03. The molecule has 1 aromatic carbocycles. The van der Waals surface area contributed by atoms with E-state index in [4.69, 9.17) is 0 Å². The van der Waals surface area contributed by atoms with Gasteiger partial charge < -0.3 is 10.6 Å². The van der Waals surface area contributed by atoms with Crippen LogP contribution in [0.4, 0.5) is 5.00 Å². The summed E-state index contributed by atoms with van der Waals surface area (Å²) >= 11 is 5.18. The van der Waals surface area contributed by atoms with Crippen molar-refractivity contribution in [1.29, 1.82) is 0 Å². The predicted molar refractivity (Wildman–Crippen MR) is 84.3 cm³/mol. The highest BCUT2D eigenvalue weighted by molar-refractivity contribution is 9.10. The molecular formula is C15H13BrN2OS. The first-order valence-electron chi connectivity index (χ1n) is 6.70. The van der Waals surface area contributed by atoms with E-state index >= 15 is 0 Å². The SMILES string of the molecule is O=C1N[C@@H](c2ccc(Br)cc2)Nc2sc3c(c21)CCC3. The molecule has 1 aliphatic heterocycles. The van der Waals surface area contributed by atoms with Gasteiger partial charge in [0.2, 0.25) is 0 Å². The van der Waals surface area contributed by atoms with Crippen molar-refractivity contribution in [2.24, 2.45) is 0 Å². The van der Waals surface area contributed by atoms with Crippen LogP contribution in [0.25, 0.3) is 0 Å². The zero-order valence-corrected chi connectivity index (χ0v) is 13.1. The number of carbonyl (C=O) groups is 1. The Hall–Kier alpha value is -1.33. The third kappa shape index (κ3) is 1.88. The molecule has 1 aliphatic carbocycles. The normalized spacial score (nSPS) is 20.1. The largest absolute Gasteiger partial charge is 0.353 e. The number of hydrogen-bond donors (Lipinski definition) is 2. The van der Waals surface area contributed by atoms with Crippen molar-refractivity contribution in [3.8, 4) is 0 Å².